The minimum absolute atomic E-state index is 0.0684. The van der Waals surface area contributed by atoms with Gasteiger partial charge in [-0.2, -0.15) is 0 Å². The summed E-state index contributed by atoms with van der Waals surface area (Å²) in [4.78, 5) is 0. The molecule has 0 radical (unpaired) electrons. The van der Waals surface area contributed by atoms with Crippen LogP contribution in [0.5, 0.6) is 0 Å². The van der Waals surface area contributed by atoms with Gasteiger partial charge in [0.2, 0.25) is 6.71 Å². The average molecular weight is 1140 g/mol. The van der Waals surface area contributed by atoms with Crippen molar-refractivity contribution < 1.29 is 0 Å². The van der Waals surface area contributed by atoms with Crippen LogP contribution in [-0.2, 0) is 0 Å². The molecule has 402 valence electrons. The lowest BCUT2D eigenvalue weighted by atomic mass is 9.33. The second-order valence-electron chi connectivity index (χ2n) is 23.8. The van der Waals surface area contributed by atoms with Crippen LogP contribution in [0.25, 0.3) is 143 Å². The molecule has 18 aromatic rings. The number of thiophene rings is 3. The summed E-state index contributed by atoms with van der Waals surface area (Å²) in [7, 11) is 0. The molecule has 0 fully saturated rings. The van der Waals surface area contributed by atoms with Crippen LogP contribution >= 0.6 is 34.0 Å². The van der Waals surface area contributed by atoms with Gasteiger partial charge in [-0.25, -0.2) is 0 Å². The highest BCUT2D eigenvalue weighted by molar-refractivity contribution is 7.27. The maximum absolute atomic E-state index is 2.53. The molecule has 18 rings (SSSR count). The van der Waals surface area contributed by atoms with E-state index in [-0.39, 0.29) is 6.71 Å². The van der Waals surface area contributed by atoms with Gasteiger partial charge in [-0.1, -0.05) is 177 Å². The van der Waals surface area contributed by atoms with E-state index < -0.39 is 0 Å². The minimum Gasteiger partial charge on any atom is -0.309 e. The van der Waals surface area contributed by atoms with Crippen molar-refractivity contribution in [2.75, 3.05) is 0 Å². The highest BCUT2D eigenvalue weighted by Crippen LogP contribution is 2.47. The molecule has 0 saturated carbocycles. The first-order valence-corrected chi connectivity index (χ1v) is 32.0. The zero-order valence-electron chi connectivity index (χ0n) is 47.9. The summed E-state index contributed by atoms with van der Waals surface area (Å²) in [5.41, 5.74) is 22.8. The number of aromatic nitrogens is 3. The smallest absolute Gasteiger partial charge is 0.243 e. The minimum atomic E-state index is -0.0684. The lowest BCUT2D eigenvalue weighted by Crippen LogP contribution is -2.57. The van der Waals surface area contributed by atoms with Gasteiger partial charge in [0.1, 0.15) is 0 Å². The van der Waals surface area contributed by atoms with Gasteiger partial charge >= 0.3 is 0 Å². The van der Waals surface area contributed by atoms with Crippen molar-refractivity contribution >= 4 is 183 Å². The van der Waals surface area contributed by atoms with Crippen LogP contribution in [-0.4, -0.2) is 20.4 Å². The fraction of sp³-hybridized carbons (Fsp3) is 0.0769. The van der Waals surface area contributed by atoms with E-state index in [4.69, 9.17) is 0 Å². The van der Waals surface area contributed by atoms with Gasteiger partial charge < -0.3 is 13.7 Å². The van der Waals surface area contributed by atoms with Crippen molar-refractivity contribution in [1.82, 2.24) is 13.7 Å². The van der Waals surface area contributed by atoms with E-state index >= 15 is 0 Å². The van der Waals surface area contributed by atoms with E-state index in [0.717, 1.165) is 0 Å². The van der Waals surface area contributed by atoms with Gasteiger partial charge in [0.15, 0.2) is 0 Å². The highest BCUT2D eigenvalue weighted by Gasteiger charge is 2.33. The molecule has 0 amide bonds. The largest absolute Gasteiger partial charge is 0.309 e. The van der Waals surface area contributed by atoms with Gasteiger partial charge in [-0.3, -0.25) is 0 Å². The second kappa shape index (κ2) is 18.1. The number of nitrogens with zero attached hydrogens (tertiary/aromatic N) is 3. The van der Waals surface area contributed by atoms with Gasteiger partial charge in [0, 0.05) is 110 Å². The Morgan fingerprint density at radius 1 is 0.247 bits per heavy atom. The van der Waals surface area contributed by atoms with Crippen molar-refractivity contribution in [1.29, 1.82) is 0 Å². The molecule has 0 aliphatic carbocycles. The first-order chi connectivity index (χ1) is 41.7. The summed E-state index contributed by atoms with van der Waals surface area (Å²) in [6.45, 7) is 14.1. The van der Waals surface area contributed by atoms with Gasteiger partial charge in [-0.15, -0.1) is 34.0 Å². The normalized spacial score (nSPS) is 12.4. The lowest BCUT2D eigenvalue weighted by Gasteiger charge is -2.28. The van der Waals surface area contributed by atoms with Crippen LogP contribution in [0.15, 0.2) is 218 Å². The zero-order chi connectivity index (χ0) is 56.7. The molecule has 0 atom stereocenters. The fourth-order valence-electron chi connectivity index (χ4n) is 15.6. The Kier molecular flexibility index (Phi) is 10.5. The Bertz CT molecular complexity index is 5300. The average Bonchev–Trinajstić information content (AvgIpc) is 2.08. The van der Waals surface area contributed by atoms with Crippen molar-refractivity contribution in [2.45, 2.75) is 41.5 Å². The first kappa shape index (κ1) is 49.2. The quantitative estimate of drug-likeness (QED) is 0.147. The molecule has 7 heteroatoms. The van der Waals surface area contributed by atoms with Crippen LogP contribution < -0.4 is 16.4 Å². The Morgan fingerprint density at radius 2 is 0.494 bits per heavy atom. The topological polar surface area (TPSA) is 14.8 Å². The Balaban J connectivity index is 0.859. The number of fused-ring (bicyclic) bond motifs is 21. The van der Waals surface area contributed by atoms with Crippen LogP contribution in [0.4, 0.5) is 0 Å². The molecule has 6 aromatic heterocycles. The molecular formula is C78H54BN3S3. The molecule has 0 spiro atoms. The number of para-hydroxylation sites is 3. The number of hydrogen-bond acceptors (Lipinski definition) is 3. The second-order valence-corrected chi connectivity index (χ2v) is 26.9. The van der Waals surface area contributed by atoms with E-state index in [0.29, 0.717) is 0 Å². The molecule has 0 bridgehead atoms. The summed E-state index contributed by atoms with van der Waals surface area (Å²) in [5.74, 6) is 0. The molecule has 3 nitrogen and oxygen atoms in total. The molecule has 0 saturated heterocycles. The van der Waals surface area contributed by atoms with Gasteiger partial charge in [-0.05, 0) is 133 Å². The van der Waals surface area contributed by atoms with E-state index in [1.807, 2.05) is 34.0 Å². The SMILES string of the molecule is Cc1cc(-n2c3ccccc3c3c4sc5ccccc5c4ccc32)cc(C)c1B(c1c(C)cc(-n2c3ccccc3c3c4sc5ccccc5c4ccc32)cc1C)c1c(C)cc(-n2c3ccccc3c3c4sc5ccccc5c4ccc32)cc1C. The number of aryl methyl sites for hydroxylation is 6. The van der Waals surface area contributed by atoms with E-state index in [1.54, 1.807) is 0 Å². The molecular weight excluding hydrogens is 1090 g/mol. The molecule has 0 unspecified atom stereocenters. The first-order valence-electron chi connectivity index (χ1n) is 29.5. The van der Waals surface area contributed by atoms with Crippen molar-refractivity contribution in [3.8, 4) is 17.1 Å². The third-order valence-electron chi connectivity index (χ3n) is 18.9. The van der Waals surface area contributed by atoms with Crippen LogP contribution in [0.3, 0.4) is 0 Å². The van der Waals surface area contributed by atoms with Crippen LogP contribution in [0, 0.1) is 41.5 Å². The molecule has 0 N–H and O–H groups in total. The molecule has 6 heterocycles. The van der Waals surface area contributed by atoms with Crippen molar-refractivity contribution in [3.63, 3.8) is 0 Å². The van der Waals surface area contributed by atoms with E-state index in [1.165, 1.54) is 193 Å². The third kappa shape index (κ3) is 6.89. The number of benzene rings is 12. The number of rotatable bonds is 6. The summed E-state index contributed by atoms with van der Waals surface area (Å²) in [6, 6.07) is 82.7. The third-order valence-corrected chi connectivity index (χ3v) is 22.5. The summed E-state index contributed by atoms with van der Waals surface area (Å²) in [6.07, 6.45) is 0. The predicted molar refractivity (Wildman–Crippen MR) is 374 cm³/mol. The summed E-state index contributed by atoms with van der Waals surface area (Å²) in [5, 5.41) is 15.8. The lowest BCUT2D eigenvalue weighted by molar-refractivity contribution is 1.16. The van der Waals surface area contributed by atoms with E-state index in [9.17, 15) is 0 Å². The molecule has 85 heavy (non-hydrogen) atoms. The van der Waals surface area contributed by atoms with Crippen molar-refractivity contribution in [3.05, 3.63) is 252 Å². The Morgan fingerprint density at radius 3 is 0.776 bits per heavy atom. The Hall–Kier alpha value is -9.24. The molecule has 0 aliphatic rings. The zero-order valence-corrected chi connectivity index (χ0v) is 50.4. The summed E-state index contributed by atoms with van der Waals surface area (Å²) >= 11 is 5.75. The van der Waals surface area contributed by atoms with Crippen LogP contribution in [0.2, 0.25) is 0 Å². The Labute approximate surface area is 503 Å². The molecule has 12 aromatic carbocycles. The predicted octanol–water partition coefficient (Wildman–Crippen LogP) is 20.4. The van der Waals surface area contributed by atoms with Gasteiger partial charge in [0.05, 0.1) is 33.1 Å². The fourth-order valence-corrected chi connectivity index (χ4v) is 19.4. The molecule has 0 aliphatic heterocycles. The van der Waals surface area contributed by atoms with Crippen molar-refractivity contribution in [2.24, 2.45) is 0 Å². The maximum atomic E-state index is 2.53. The maximum Gasteiger partial charge on any atom is 0.243 e. The number of hydrogen-bond donors (Lipinski definition) is 0. The highest BCUT2D eigenvalue weighted by atomic mass is 32.1. The van der Waals surface area contributed by atoms with Crippen LogP contribution in [0.1, 0.15) is 33.4 Å². The van der Waals surface area contributed by atoms with E-state index in [2.05, 4.69) is 274 Å². The van der Waals surface area contributed by atoms with Gasteiger partial charge in [0.25, 0.3) is 0 Å². The monoisotopic (exact) mass is 1140 g/mol. The summed E-state index contributed by atoms with van der Waals surface area (Å²) < 4.78 is 15.6. The standard InChI is InChI=1S/C78H54BN3S3/c1-43-37-49(80-61-25-13-7-22-58(61)70-64(80)34-31-55-52-19-10-16-28-67(52)83-76(55)70)38-44(2)73(43)79(74-45(3)39-50(40-46(74)4)81-62-26-14-8-23-59(62)71-65(81)35-32-56-53-20-11-17-29-68(53)84-77(56)71)75-47(5)41-51(42-48(75)6)82-63-27-15-9-24-60(63)72-66(82)36-33-57-54-21-12-18-30-69(54)85-78(57)72/h7-42H,1-6H3.